The summed E-state index contributed by atoms with van der Waals surface area (Å²) in [5.41, 5.74) is 6.64. The molecule has 1 amide bonds. The van der Waals surface area contributed by atoms with Gasteiger partial charge in [-0.05, 0) is 12.1 Å². The number of rotatable bonds is 4. The first-order valence-corrected chi connectivity index (χ1v) is 5.87. The summed E-state index contributed by atoms with van der Waals surface area (Å²) in [6.45, 7) is 0.0597. The maximum atomic E-state index is 11.7. The highest BCUT2D eigenvalue weighted by Gasteiger charge is 2.20. The molecule has 0 bridgehead atoms. The van der Waals surface area contributed by atoms with Crippen molar-refractivity contribution in [3.8, 4) is 0 Å². The minimum absolute atomic E-state index is 0.0597. The molecule has 1 aromatic rings. The van der Waals surface area contributed by atoms with Gasteiger partial charge in [-0.3, -0.25) is 4.79 Å². The van der Waals surface area contributed by atoms with Crippen LogP contribution in [0.1, 0.15) is 10.4 Å². The normalized spacial score (nSPS) is 9.89. The van der Waals surface area contributed by atoms with Crippen molar-refractivity contribution in [2.45, 2.75) is 0 Å². The van der Waals surface area contributed by atoms with Crippen LogP contribution >= 0.6 is 11.6 Å². The summed E-state index contributed by atoms with van der Waals surface area (Å²) >= 11 is 6.10. The lowest BCUT2D eigenvalue weighted by Crippen LogP contribution is -2.34. The first-order chi connectivity index (χ1) is 8.90. The van der Waals surface area contributed by atoms with Gasteiger partial charge in [0.2, 0.25) is 5.91 Å². The Labute approximate surface area is 116 Å². The number of methoxy groups -OCH3 is 1. The Bertz CT molecular complexity index is 505. The number of amides is 1. The lowest BCUT2D eigenvalue weighted by Gasteiger charge is -2.22. The summed E-state index contributed by atoms with van der Waals surface area (Å²) in [4.78, 5) is 24.7. The Kier molecular flexibility index (Phi) is 5.00. The average Bonchev–Trinajstić information content (AvgIpc) is 2.36. The van der Waals surface area contributed by atoms with Crippen molar-refractivity contribution >= 4 is 34.9 Å². The van der Waals surface area contributed by atoms with E-state index >= 15 is 0 Å². The minimum Gasteiger partial charge on any atom is -0.465 e. The molecule has 19 heavy (non-hydrogen) atoms. The van der Waals surface area contributed by atoms with Crippen molar-refractivity contribution in [2.24, 2.45) is 0 Å². The number of carbonyl (C=O) groups excluding carboxylic acids is 2. The quantitative estimate of drug-likeness (QED) is 0.634. The third-order valence-electron chi connectivity index (χ3n) is 2.53. The fraction of sp³-hybridized carbons (Fsp3) is 0.333. The maximum Gasteiger partial charge on any atom is 0.340 e. The molecular weight excluding hydrogens is 270 g/mol. The second-order valence-electron chi connectivity index (χ2n) is 3.92. The summed E-state index contributed by atoms with van der Waals surface area (Å²) in [7, 11) is 4.45. The van der Waals surface area contributed by atoms with Crippen molar-refractivity contribution in [2.75, 3.05) is 38.4 Å². The number of hydrogen-bond acceptors (Lipinski definition) is 5. The highest BCUT2D eigenvalue weighted by molar-refractivity contribution is 6.34. The summed E-state index contributed by atoms with van der Waals surface area (Å²) in [5.74, 6) is -0.765. The van der Waals surface area contributed by atoms with E-state index in [4.69, 9.17) is 17.3 Å². The van der Waals surface area contributed by atoms with E-state index in [-0.39, 0.29) is 23.0 Å². The molecule has 0 aromatic heterocycles. The van der Waals surface area contributed by atoms with Gasteiger partial charge in [0, 0.05) is 19.8 Å². The van der Waals surface area contributed by atoms with Crippen molar-refractivity contribution in [3.05, 3.63) is 22.7 Å². The molecule has 1 aromatic carbocycles. The minimum atomic E-state index is -0.562. The van der Waals surface area contributed by atoms with Crippen molar-refractivity contribution < 1.29 is 14.3 Å². The summed E-state index contributed by atoms with van der Waals surface area (Å²) in [6.07, 6.45) is 0. The van der Waals surface area contributed by atoms with Gasteiger partial charge < -0.3 is 20.7 Å². The van der Waals surface area contributed by atoms with E-state index in [0.717, 1.165) is 0 Å². The number of nitrogens with zero attached hydrogens (tertiary/aromatic N) is 1. The van der Waals surface area contributed by atoms with Gasteiger partial charge in [-0.1, -0.05) is 11.6 Å². The average molecular weight is 286 g/mol. The van der Waals surface area contributed by atoms with Gasteiger partial charge in [-0.2, -0.15) is 0 Å². The zero-order valence-electron chi connectivity index (χ0n) is 11.0. The van der Waals surface area contributed by atoms with Crippen LogP contribution in [0.25, 0.3) is 0 Å². The molecule has 0 radical (unpaired) electrons. The third kappa shape index (κ3) is 3.51. The van der Waals surface area contributed by atoms with E-state index in [2.05, 4.69) is 10.1 Å². The van der Waals surface area contributed by atoms with Crippen LogP contribution in [0.3, 0.4) is 0 Å². The van der Waals surface area contributed by atoms with Crippen LogP contribution < -0.4 is 16.0 Å². The van der Waals surface area contributed by atoms with Crippen LogP contribution in [0.15, 0.2) is 12.1 Å². The first-order valence-electron chi connectivity index (χ1n) is 5.49. The third-order valence-corrected chi connectivity index (χ3v) is 2.82. The van der Waals surface area contributed by atoms with E-state index in [0.29, 0.717) is 11.4 Å². The molecular formula is C12H16ClN3O3. The van der Waals surface area contributed by atoms with Crippen LogP contribution in [0.5, 0.6) is 0 Å². The fourth-order valence-electron chi connectivity index (χ4n) is 1.65. The van der Waals surface area contributed by atoms with Crippen LogP contribution in [-0.4, -0.2) is 39.6 Å². The molecule has 0 unspecified atom stereocenters. The predicted octanol–water partition coefficient (Wildman–Crippen LogP) is 0.891. The topological polar surface area (TPSA) is 84.7 Å². The molecule has 0 saturated carbocycles. The molecule has 0 aliphatic heterocycles. The Morgan fingerprint density at radius 1 is 1.47 bits per heavy atom. The van der Waals surface area contributed by atoms with Gasteiger partial charge in [-0.25, -0.2) is 4.79 Å². The van der Waals surface area contributed by atoms with Gasteiger partial charge in [0.05, 0.1) is 29.9 Å². The smallest absolute Gasteiger partial charge is 0.340 e. The molecule has 0 heterocycles. The maximum absolute atomic E-state index is 11.7. The summed E-state index contributed by atoms with van der Waals surface area (Å²) in [6, 6.07) is 2.98. The number of esters is 1. The molecule has 0 atom stereocenters. The zero-order chi connectivity index (χ0) is 14.6. The number of nitrogens with two attached hydrogens (primary N) is 1. The SMILES string of the molecule is CNC(=O)CN(C)c1c(Cl)cc(N)cc1C(=O)OC. The Morgan fingerprint density at radius 2 is 2.11 bits per heavy atom. The van der Waals surface area contributed by atoms with E-state index < -0.39 is 5.97 Å². The monoisotopic (exact) mass is 285 g/mol. The molecule has 7 heteroatoms. The largest absolute Gasteiger partial charge is 0.465 e. The second kappa shape index (κ2) is 6.29. The molecule has 0 fully saturated rings. The molecule has 3 N–H and O–H groups in total. The molecule has 1 rings (SSSR count). The van der Waals surface area contributed by atoms with Crippen molar-refractivity contribution in [3.63, 3.8) is 0 Å². The molecule has 0 aliphatic carbocycles. The Hall–Kier alpha value is -1.95. The number of ether oxygens (including phenoxy) is 1. The highest BCUT2D eigenvalue weighted by Crippen LogP contribution is 2.32. The summed E-state index contributed by atoms with van der Waals surface area (Å²) < 4.78 is 4.69. The van der Waals surface area contributed by atoms with Gasteiger partial charge in [0.25, 0.3) is 0 Å². The predicted molar refractivity (Wildman–Crippen MR) is 74.5 cm³/mol. The number of halogens is 1. The molecule has 0 spiro atoms. The van der Waals surface area contributed by atoms with E-state index in [9.17, 15) is 9.59 Å². The molecule has 6 nitrogen and oxygen atoms in total. The van der Waals surface area contributed by atoms with Gasteiger partial charge in [-0.15, -0.1) is 0 Å². The number of benzene rings is 1. The number of anilines is 2. The van der Waals surface area contributed by atoms with Crippen molar-refractivity contribution in [1.82, 2.24) is 5.32 Å². The Morgan fingerprint density at radius 3 is 2.63 bits per heavy atom. The molecule has 0 aliphatic rings. The van der Waals surface area contributed by atoms with E-state index in [1.54, 1.807) is 11.9 Å². The van der Waals surface area contributed by atoms with Crippen molar-refractivity contribution in [1.29, 1.82) is 0 Å². The summed E-state index contributed by atoms with van der Waals surface area (Å²) in [5, 5.41) is 2.78. The number of likely N-dealkylation sites (N-methyl/N-ethyl adjacent to an activating group) is 2. The van der Waals surface area contributed by atoms with E-state index in [1.165, 1.54) is 26.3 Å². The number of nitrogens with one attached hydrogen (secondary N) is 1. The van der Waals surface area contributed by atoms with Gasteiger partial charge in [0.1, 0.15) is 0 Å². The molecule has 0 saturated heterocycles. The lowest BCUT2D eigenvalue weighted by atomic mass is 10.1. The second-order valence-corrected chi connectivity index (χ2v) is 4.33. The highest BCUT2D eigenvalue weighted by atomic mass is 35.5. The number of nitrogen functional groups attached to an aromatic ring is 1. The number of carbonyl (C=O) groups is 2. The van der Waals surface area contributed by atoms with E-state index in [1.807, 2.05) is 0 Å². The lowest BCUT2D eigenvalue weighted by molar-refractivity contribution is -0.119. The van der Waals surface area contributed by atoms with Gasteiger partial charge >= 0.3 is 5.97 Å². The van der Waals surface area contributed by atoms with Crippen LogP contribution in [0.4, 0.5) is 11.4 Å². The zero-order valence-corrected chi connectivity index (χ0v) is 11.7. The van der Waals surface area contributed by atoms with Crippen LogP contribution in [0, 0.1) is 0 Å². The standard InChI is InChI=1S/C12H16ClN3O3/c1-15-10(17)6-16(2)11-8(12(18)19-3)4-7(14)5-9(11)13/h4-5H,6,14H2,1-3H3,(H,15,17). The molecule has 104 valence electrons. The fourth-order valence-corrected chi connectivity index (χ4v) is 2.02. The van der Waals surface area contributed by atoms with Gasteiger partial charge in [0.15, 0.2) is 0 Å². The number of hydrogen-bond donors (Lipinski definition) is 2. The van der Waals surface area contributed by atoms with Crippen LogP contribution in [-0.2, 0) is 9.53 Å². The Balaban J connectivity index is 3.24. The van der Waals surface area contributed by atoms with Crippen LogP contribution in [0.2, 0.25) is 5.02 Å². The first kappa shape index (κ1) is 15.1.